The summed E-state index contributed by atoms with van der Waals surface area (Å²) in [4.78, 5) is 35.9. The number of benzene rings is 1. The minimum absolute atomic E-state index is 0.128. The van der Waals surface area contributed by atoms with Crippen molar-refractivity contribution < 1.29 is 14.4 Å². The van der Waals surface area contributed by atoms with Crippen LogP contribution in [-0.2, 0) is 9.59 Å². The number of aryl methyl sites for hydroxylation is 1. The predicted molar refractivity (Wildman–Crippen MR) is 61.9 cm³/mol. The minimum Gasteiger partial charge on any atom is -0.358 e. The summed E-state index contributed by atoms with van der Waals surface area (Å²) in [6.07, 6.45) is 0. The maximum atomic E-state index is 11.7. The topological polar surface area (TPSA) is 66.5 Å². The van der Waals surface area contributed by atoms with Crippen molar-refractivity contribution >= 4 is 23.3 Å². The van der Waals surface area contributed by atoms with Crippen molar-refractivity contribution in [3.8, 4) is 0 Å². The molecule has 0 atom stereocenters. The first kappa shape index (κ1) is 11.3. The van der Waals surface area contributed by atoms with Crippen LogP contribution >= 0.6 is 0 Å². The summed E-state index contributed by atoms with van der Waals surface area (Å²) < 4.78 is 0. The van der Waals surface area contributed by atoms with Crippen LogP contribution < -0.4 is 10.2 Å². The number of hydrogen-bond donors (Lipinski definition) is 1. The highest BCUT2D eigenvalue weighted by atomic mass is 16.2. The van der Waals surface area contributed by atoms with Crippen molar-refractivity contribution in [3.05, 3.63) is 29.3 Å². The molecular formula is C12H12N2O3. The molecule has 88 valence electrons. The van der Waals surface area contributed by atoms with Crippen LogP contribution in [0.3, 0.4) is 0 Å². The highest BCUT2D eigenvalue weighted by molar-refractivity contribution is 6.52. The first-order chi connectivity index (χ1) is 8.04. The Bertz CT molecular complexity index is 522. The number of fused-ring (bicyclic) bond motifs is 1. The summed E-state index contributed by atoms with van der Waals surface area (Å²) in [7, 11) is 1.49. The lowest BCUT2D eigenvalue weighted by molar-refractivity contribution is -0.121. The van der Waals surface area contributed by atoms with Gasteiger partial charge in [-0.15, -0.1) is 0 Å². The van der Waals surface area contributed by atoms with Crippen molar-refractivity contribution in [2.75, 3.05) is 18.5 Å². The van der Waals surface area contributed by atoms with E-state index in [4.69, 9.17) is 0 Å². The lowest BCUT2D eigenvalue weighted by Gasteiger charge is -2.15. The lowest BCUT2D eigenvalue weighted by Crippen LogP contribution is -2.38. The number of ketones is 1. The van der Waals surface area contributed by atoms with Gasteiger partial charge < -0.3 is 5.32 Å². The van der Waals surface area contributed by atoms with Crippen molar-refractivity contribution in [3.63, 3.8) is 0 Å². The van der Waals surface area contributed by atoms with Gasteiger partial charge in [-0.2, -0.15) is 0 Å². The third kappa shape index (κ3) is 1.80. The van der Waals surface area contributed by atoms with Gasteiger partial charge >= 0.3 is 0 Å². The maximum absolute atomic E-state index is 11.7. The van der Waals surface area contributed by atoms with E-state index in [9.17, 15) is 14.4 Å². The molecule has 0 fully saturated rings. The molecule has 5 nitrogen and oxygen atoms in total. The van der Waals surface area contributed by atoms with Gasteiger partial charge in [-0.25, -0.2) is 0 Å². The average Bonchev–Trinajstić information content (AvgIpc) is 2.54. The van der Waals surface area contributed by atoms with E-state index < -0.39 is 11.7 Å². The smallest absolute Gasteiger partial charge is 0.299 e. The third-order valence-electron chi connectivity index (χ3n) is 2.71. The molecule has 0 saturated carbocycles. The number of carbonyl (C=O) groups is 3. The van der Waals surface area contributed by atoms with E-state index in [2.05, 4.69) is 5.32 Å². The van der Waals surface area contributed by atoms with Crippen LogP contribution in [0.15, 0.2) is 18.2 Å². The van der Waals surface area contributed by atoms with E-state index in [-0.39, 0.29) is 12.5 Å². The highest BCUT2D eigenvalue weighted by Crippen LogP contribution is 2.29. The second-order valence-electron chi connectivity index (χ2n) is 3.91. The molecule has 1 heterocycles. The van der Waals surface area contributed by atoms with Crippen molar-refractivity contribution in [1.82, 2.24) is 5.32 Å². The normalized spacial score (nSPS) is 13.9. The average molecular weight is 232 g/mol. The fourth-order valence-corrected chi connectivity index (χ4v) is 1.79. The van der Waals surface area contributed by atoms with Gasteiger partial charge in [-0.05, 0) is 19.1 Å². The molecule has 0 radical (unpaired) electrons. The Morgan fingerprint density at radius 1 is 1.35 bits per heavy atom. The molecule has 17 heavy (non-hydrogen) atoms. The Labute approximate surface area is 98.4 Å². The van der Waals surface area contributed by atoms with Gasteiger partial charge in [0, 0.05) is 7.05 Å². The van der Waals surface area contributed by atoms with Gasteiger partial charge in [-0.1, -0.05) is 11.6 Å². The van der Waals surface area contributed by atoms with Crippen molar-refractivity contribution in [2.24, 2.45) is 0 Å². The van der Waals surface area contributed by atoms with E-state index in [1.54, 1.807) is 12.1 Å². The Hall–Kier alpha value is -2.17. The zero-order chi connectivity index (χ0) is 12.6. The van der Waals surface area contributed by atoms with Crippen LogP contribution in [0.5, 0.6) is 0 Å². The molecule has 0 aliphatic carbocycles. The SMILES string of the molecule is CNC(=O)CN1C(=O)C(=O)c2cc(C)ccc21. The summed E-state index contributed by atoms with van der Waals surface area (Å²) in [5.41, 5.74) is 1.79. The molecule has 0 aromatic heterocycles. The summed E-state index contributed by atoms with van der Waals surface area (Å²) in [6, 6.07) is 5.16. The highest BCUT2D eigenvalue weighted by Gasteiger charge is 2.36. The third-order valence-corrected chi connectivity index (χ3v) is 2.71. The first-order valence-corrected chi connectivity index (χ1v) is 5.22. The maximum Gasteiger partial charge on any atom is 0.299 e. The Morgan fingerprint density at radius 3 is 2.71 bits per heavy atom. The zero-order valence-corrected chi connectivity index (χ0v) is 9.61. The number of hydrogen-bond acceptors (Lipinski definition) is 3. The molecule has 5 heteroatoms. The summed E-state index contributed by atoms with van der Waals surface area (Å²) in [6.45, 7) is 1.72. The molecule has 1 aliphatic rings. The number of nitrogens with zero attached hydrogens (tertiary/aromatic N) is 1. The fraction of sp³-hybridized carbons (Fsp3) is 0.250. The van der Waals surface area contributed by atoms with Crippen LogP contribution in [0.4, 0.5) is 5.69 Å². The fourth-order valence-electron chi connectivity index (χ4n) is 1.79. The molecular weight excluding hydrogens is 220 g/mol. The Balaban J connectivity index is 2.41. The van der Waals surface area contributed by atoms with E-state index in [1.807, 2.05) is 13.0 Å². The molecule has 1 aromatic rings. The molecule has 1 N–H and O–H groups in total. The van der Waals surface area contributed by atoms with Crippen molar-refractivity contribution in [1.29, 1.82) is 0 Å². The van der Waals surface area contributed by atoms with Crippen LogP contribution in [0.2, 0.25) is 0 Å². The molecule has 2 amide bonds. The van der Waals surface area contributed by atoms with E-state index in [1.165, 1.54) is 11.9 Å². The lowest BCUT2D eigenvalue weighted by atomic mass is 10.1. The molecule has 1 aromatic carbocycles. The number of carbonyl (C=O) groups excluding carboxylic acids is 3. The summed E-state index contributed by atoms with van der Waals surface area (Å²) in [5, 5.41) is 2.43. The van der Waals surface area contributed by atoms with Crippen LogP contribution in [-0.4, -0.2) is 31.2 Å². The van der Waals surface area contributed by atoms with E-state index in [0.717, 1.165) is 5.56 Å². The van der Waals surface area contributed by atoms with Gasteiger partial charge in [0.15, 0.2) is 0 Å². The molecule has 0 unspecified atom stereocenters. The molecule has 0 saturated heterocycles. The van der Waals surface area contributed by atoms with Crippen LogP contribution in [0.1, 0.15) is 15.9 Å². The second kappa shape index (κ2) is 4.01. The zero-order valence-electron chi connectivity index (χ0n) is 9.61. The van der Waals surface area contributed by atoms with Gasteiger partial charge in [0.2, 0.25) is 5.91 Å². The number of likely N-dealkylation sites (N-methyl/N-ethyl adjacent to an activating group) is 1. The molecule has 1 aliphatic heterocycles. The standard InChI is InChI=1S/C12H12N2O3/c1-7-3-4-9-8(5-7)11(16)12(17)14(9)6-10(15)13-2/h3-5H,6H2,1-2H3,(H,13,15). The monoisotopic (exact) mass is 232 g/mol. The quantitative estimate of drug-likeness (QED) is 0.744. The second-order valence-corrected chi connectivity index (χ2v) is 3.91. The Kier molecular flexibility index (Phi) is 2.67. The number of nitrogens with one attached hydrogen (secondary N) is 1. The van der Waals surface area contributed by atoms with Gasteiger partial charge in [0.25, 0.3) is 11.7 Å². The van der Waals surface area contributed by atoms with E-state index in [0.29, 0.717) is 11.3 Å². The number of rotatable bonds is 2. The largest absolute Gasteiger partial charge is 0.358 e. The van der Waals surface area contributed by atoms with Gasteiger partial charge in [-0.3, -0.25) is 19.3 Å². The first-order valence-electron chi connectivity index (χ1n) is 5.22. The van der Waals surface area contributed by atoms with E-state index >= 15 is 0 Å². The van der Waals surface area contributed by atoms with Crippen LogP contribution in [0.25, 0.3) is 0 Å². The van der Waals surface area contributed by atoms with Gasteiger partial charge in [0.1, 0.15) is 6.54 Å². The summed E-state index contributed by atoms with van der Waals surface area (Å²) in [5.74, 6) is -1.50. The predicted octanol–water partition coefficient (Wildman–Crippen LogP) is 0.270. The van der Waals surface area contributed by atoms with Gasteiger partial charge in [0.05, 0.1) is 11.3 Å². The number of amides is 2. The summed E-state index contributed by atoms with van der Waals surface area (Å²) >= 11 is 0. The molecule has 0 bridgehead atoms. The van der Waals surface area contributed by atoms with Crippen LogP contribution in [0, 0.1) is 6.92 Å². The molecule has 2 rings (SSSR count). The van der Waals surface area contributed by atoms with Crippen molar-refractivity contribution in [2.45, 2.75) is 6.92 Å². The Morgan fingerprint density at radius 2 is 2.06 bits per heavy atom. The number of anilines is 1. The molecule has 0 spiro atoms. The minimum atomic E-state index is -0.644. The number of Topliss-reactive ketones (excluding diaryl/α,β-unsaturated/α-hetero) is 1.